The Morgan fingerprint density at radius 3 is 2.51 bits per heavy atom. The summed E-state index contributed by atoms with van der Waals surface area (Å²) in [5.74, 6) is 1.46. The number of aromatic nitrogens is 2. The van der Waals surface area contributed by atoms with E-state index in [9.17, 15) is 15.4 Å². The van der Waals surface area contributed by atoms with Crippen LogP contribution in [0.5, 0.6) is 0 Å². The van der Waals surface area contributed by atoms with Crippen molar-refractivity contribution >= 4 is 35.7 Å². The van der Waals surface area contributed by atoms with Crippen LogP contribution in [-0.4, -0.2) is 63.2 Å². The van der Waals surface area contributed by atoms with E-state index in [0.29, 0.717) is 50.8 Å². The normalized spacial score (nSPS) is 19.6. The predicted octanol–water partition coefficient (Wildman–Crippen LogP) is 4.36. The molecule has 2 aromatic carbocycles. The smallest absolute Gasteiger partial charge is 0.269 e. The fourth-order valence-electron chi connectivity index (χ4n) is 4.77. The maximum Gasteiger partial charge on any atom is 0.269 e. The number of amidine groups is 1. The van der Waals surface area contributed by atoms with Crippen molar-refractivity contribution < 1.29 is 9.66 Å². The molecule has 12 heteroatoms. The molecule has 3 aromatic rings. The molecule has 2 aliphatic rings. The molecule has 0 amide bonds. The first-order chi connectivity index (χ1) is 18.0. The lowest BCUT2D eigenvalue weighted by Crippen LogP contribution is -2.45. The first-order valence-corrected chi connectivity index (χ1v) is 13.6. The van der Waals surface area contributed by atoms with E-state index < -0.39 is 12.3 Å². The Balaban J connectivity index is 1.82. The van der Waals surface area contributed by atoms with E-state index in [1.165, 1.54) is 12.1 Å². The molecule has 0 saturated carbocycles. The summed E-state index contributed by atoms with van der Waals surface area (Å²) < 4.78 is 17.5. The zero-order chi connectivity index (χ0) is 26.0. The summed E-state index contributed by atoms with van der Waals surface area (Å²) in [5.41, 5.74) is 2.41. The molecule has 1 saturated heterocycles. The summed E-state index contributed by atoms with van der Waals surface area (Å²) >= 11 is 0. The molecule has 0 bridgehead atoms. The standard InChI is InChI=1S/C25H27N8O3P/c1-19-23-25(32(28-19)14-6-13-26)27-24(20-7-4-3-5-8-20)30(2)37(23,31-15-17-36-18-16-31)29-21-9-11-22(12-10-21)33(34)35/h3-5,7-12H,6,14-18H2,1-2H3/t37-/m0/s1. The van der Waals surface area contributed by atoms with Gasteiger partial charge in [0, 0.05) is 37.8 Å². The summed E-state index contributed by atoms with van der Waals surface area (Å²) in [7, 11) is -0.720. The molecule has 1 aromatic heterocycles. The zero-order valence-electron chi connectivity index (χ0n) is 20.7. The lowest BCUT2D eigenvalue weighted by molar-refractivity contribution is -0.384. The Kier molecular flexibility index (Phi) is 6.89. The summed E-state index contributed by atoms with van der Waals surface area (Å²) in [4.78, 5) is 15.9. The van der Waals surface area contributed by atoms with Crippen LogP contribution in [0.4, 0.5) is 17.2 Å². The first kappa shape index (κ1) is 24.8. The summed E-state index contributed by atoms with van der Waals surface area (Å²) in [6, 6.07) is 18.5. The second-order valence-electron chi connectivity index (χ2n) is 8.72. The van der Waals surface area contributed by atoms with Gasteiger partial charge in [0.2, 0.25) is 0 Å². The number of rotatable bonds is 6. The SMILES string of the molecule is Cc1nn(CCC#N)c2c1[P@@](=Nc1ccc([N+](=O)[O-])cc1)(N1CCOCC1)N(C)C(c1ccccc1)=N2. The molecule has 190 valence electrons. The van der Waals surface area contributed by atoms with E-state index in [-0.39, 0.29) is 5.69 Å². The molecule has 0 unspecified atom stereocenters. The Hall–Kier alpha value is -3.84. The van der Waals surface area contributed by atoms with Gasteiger partial charge in [-0.2, -0.15) is 10.4 Å². The van der Waals surface area contributed by atoms with Crippen molar-refractivity contribution in [1.82, 2.24) is 19.1 Å². The van der Waals surface area contributed by atoms with Gasteiger partial charge >= 0.3 is 0 Å². The van der Waals surface area contributed by atoms with Crippen molar-refractivity contribution in [2.45, 2.75) is 19.9 Å². The number of non-ortho nitro benzene ring substituents is 1. The number of aryl methyl sites for hydroxylation is 2. The van der Waals surface area contributed by atoms with Crippen LogP contribution < -0.4 is 5.30 Å². The third-order valence-corrected chi connectivity index (χ3v) is 10.3. The Morgan fingerprint density at radius 2 is 1.86 bits per heavy atom. The van der Waals surface area contributed by atoms with Crippen molar-refractivity contribution in [3.63, 3.8) is 0 Å². The van der Waals surface area contributed by atoms with Gasteiger partial charge in [-0.05, 0) is 19.1 Å². The van der Waals surface area contributed by atoms with Gasteiger partial charge < -0.3 is 9.41 Å². The van der Waals surface area contributed by atoms with Crippen LogP contribution in [0.25, 0.3) is 0 Å². The number of ether oxygens (including phenoxy) is 1. The van der Waals surface area contributed by atoms with Crippen LogP contribution in [0.2, 0.25) is 0 Å². The highest BCUT2D eigenvalue weighted by molar-refractivity contribution is 7.70. The number of fused-ring (bicyclic) bond motifs is 1. The maximum absolute atomic E-state index is 11.3. The Morgan fingerprint density at radius 1 is 1.16 bits per heavy atom. The number of morpholine rings is 1. The van der Waals surface area contributed by atoms with Crippen LogP contribution in [0.15, 0.2) is 64.3 Å². The second-order valence-corrected chi connectivity index (χ2v) is 11.7. The van der Waals surface area contributed by atoms with E-state index in [1.54, 1.807) is 12.1 Å². The minimum atomic E-state index is -2.73. The number of nitro benzene ring substituents is 1. The van der Waals surface area contributed by atoms with Gasteiger partial charge in [-0.3, -0.25) is 10.1 Å². The van der Waals surface area contributed by atoms with Gasteiger partial charge in [-0.15, -0.1) is 0 Å². The maximum atomic E-state index is 11.3. The van der Waals surface area contributed by atoms with Gasteiger partial charge in [-0.1, -0.05) is 30.3 Å². The highest BCUT2D eigenvalue weighted by Crippen LogP contribution is 2.61. The van der Waals surface area contributed by atoms with Crippen molar-refractivity contribution in [2.24, 2.45) is 9.74 Å². The van der Waals surface area contributed by atoms with E-state index in [2.05, 4.69) is 15.4 Å². The first-order valence-electron chi connectivity index (χ1n) is 12.0. The van der Waals surface area contributed by atoms with Crippen LogP contribution in [0.1, 0.15) is 17.7 Å². The number of hydrogen-bond donors (Lipinski definition) is 0. The number of nitrogens with zero attached hydrogens (tertiary/aromatic N) is 8. The molecule has 5 rings (SSSR count). The molecule has 37 heavy (non-hydrogen) atoms. The van der Waals surface area contributed by atoms with Crippen molar-refractivity contribution in [3.05, 3.63) is 76.0 Å². The number of hydrogen-bond acceptors (Lipinski definition) is 7. The summed E-state index contributed by atoms with van der Waals surface area (Å²) in [5, 5.41) is 26.3. The molecule has 0 radical (unpaired) electrons. The minimum absolute atomic E-state index is 0.0161. The number of aliphatic imine (C=N–C) groups is 1. The summed E-state index contributed by atoms with van der Waals surface area (Å²) in [6.45, 7) is 4.85. The fraction of sp³-hybridized carbons (Fsp3) is 0.320. The molecule has 11 nitrogen and oxygen atoms in total. The van der Waals surface area contributed by atoms with E-state index in [0.717, 1.165) is 22.4 Å². The molecular formula is C25H27N8O3P. The minimum Gasteiger partial charge on any atom is -0.379 e. The number of nitro groups is 1. The van der Waals surface area contributed by atoms with Gasteiger partial charge in [0.1, 0.15) is 5.84 Å². The van der Waals surface area contributed by atoms with E-state index >= 15 is 0 Å². The number of benzene rings is 2. The topological polar surface area (TPSA) is 125 Å². The molecule has 2 aliphatic heterocycles. The lowest BCUT2D eigenvalue weighted by Gasteiger charge is -2.46. The average Bonchev–Trinajstić information content (AvgIpc) is 3.25. The van der Waals surface area contributed by atoms with Crippen LogP contribution in [0.3, 0.4) is 0 Å². The molecule has 0 spiro atoms. The van der Waals surface area contributed by atoms with Crippen LogP contribution in [0, 0.1) is 28.4 Å². The van der Waals surface area contributed by atoms with Gasteiger partial charge in [0.05, 0.1) is 53.9 Å². The molecule has 3 heterocycles. The van der Waals surface area contributed by atoms with Gasteiger partial charge in [0.25, 0.3) is 5.69 Å². The van der Waals surface area contributed by atoms with Crippen molar-refractivity contribution in [1.29, 1.82) is 5.26 Å². The highest BCUT2D eigenvalue weighted by Gasteiger charge is 2.45. The fourth-order valence-corrected chi connectivity index (χ4v) is 8.61. The van der Waals surface area contributed by atoms with Gasteiger partial charge in [-0.25, -0.2) is 19.1 Å². The monoisotopic (exact) mass is 518 g/mol. The predicted molar refractivity (Wildman–Crippen MR) is 142 cm³/mol. The Bertz CT molecular complexity index is 1440. The average molecular weight is 519 g/mol. The molecule has 0 N–H and O–H groups in total. The third kappa shape index (κ3) is 4.44. The molecule has 0 aliphatic carbocycles. The largest absolute Gasteiger partial charge is 0.379 e. The number of nitriles is 1. The zero-order valence-corrected chi connectivity index (χ0v) is 21.6. The van der Waals surface area contributed by atoms with Crippen LogP contribution >= 0.6 is 7.36 Å². The van der Waals surface area contributed by atoms with Gasteiger partial charge in [0.15, 0.2) is 13.2 Å². The second kappa shape index (κ2) is 10.3. The van der Waals surface area contributed by atoms with Crippen molar-refractivity contribution in [3.8, 4) is 6.07 Å². The molecule has 1 atom stereocenters. The quantitative estimate of drug-likeness (QED) is 0.270. The van der Waals surface area contributed by atoms with E-state index in [4.69, 9.17) is 19.6 Å². The lowest BCUT2D eigenvalue weighted by atomic mass is 10.2. The van der Waals surface area contributed by atoms with Crippen molar-refractivity contribution in [2.75, 3.05) is 33.4 Å². The van der Waals surface area contributed by atoms with E-state index in [1.807, 2.05) is 49.0 Å². The summed E-state index contributed by atoms with van der Waals surface area (Å²) in [6.07, 6.45) is 0.308. The van der Waals surface area contributed by atoms with Crippen LogP contribution in [-0.2, 0) is 11.3 Å². The highest BCUT2D eigenvalue weighted by atomic mass is 31.2. The molecule has 1 fully saturated rings. The third-order valence-electron chi connectivity index (χ3n) is 6.47. The Labute approximate surface area is 214 Å². The molecular weight excluding hydrogens is 491 g/mol.